The van der Waals surface area contributed by atoms with Crippen LogP contribution in [0.15, 0.2) is 48.5 Å². The summed E-state index contributed by atoms with van der Waals surface area (Å²) in [4.78, 5) is 13.0. The zero-order valence-corrected chi connectivity index (χ0v) is 19.4. The summed E-state index contributed by atoms with van der Waals surface area (Å²) in [7, 11) is -0.418. The number of esters is 1. The Hall–Kier alpha value is -1.91. The van der Waals surface area contributed by atoms with Crippen molar-refractivity contribution in [2.45, 2.75) is 50.7 Å². The number of carbonyl (C=O) groups is 1. The fraction of sp³-hybridized carbons (Fsp3) is 0.480. The lowest BCUT2D eigenvalue weighted by atomic mass is 9.54. The SMILES string of the molecule is COC(=O)[C@H]1C2c3ccccc3C(c3ccccc32)[C@@H]1CO[Si](C)(C)C(C)(C)C. The van der Waals surface area contributed by atoms with Gasteiger partial charge in [0, 0.05) is 24.4 Å². The molecule has 0 heterocycles. The van der Waals surface area contributed by atoms with E-state index < -0.39 is 8.32 Å². The van der Waals surface area contributed by atoms with E-state index in [0.717, 1.165) is 0 Å². The molecule has 0 saturated heterocycles. The number of ether oxygens (including phenoxy) is 1. The van der Waals surface area contributed by atoms with Crippen molar-refractivity contribution in [1.29, 1.82) is 0 Å². The number of fused-ring (bicyclic) bond motifs is 1. The molecule has 0 radical (unpaired) electrons. The molecular formula is C25H32O3Si. The number of methoxy groups -OCH3 is 1. The highest BCUT2D eigenvalue weighted by Crippen LogP contribution is 2.58. The van der Waals surface area contributed by atoms with Gasteiger partial charge in [0.05, 0.1) is 13.0 Å². The smallest absolute Gasteiger partial charge is 0.310 e. The average molecular weight is 409 g/mol. The first kappa shape index (κ1) is 20.4. The molecule has 2 atom stereocenters. The highest BCUT2D eigenvalue weighted by molar-refractivity contribution is 6.74. The van der Waals surface area contributed by atoms with Gasteiger partial charge in [0.2, 0.25) is 0 Å². The Bertz CT molecular complexity index is 880. The Morgan fingerprint density at radius 2 is 1.34 bits per heavy atom. The van der Waals surface area contributed by atoms with Gasteiger partial charge < -0.3 is 9.16 Å². The molecule has 4 heteroatoms. The molecule has 0 saturated carbocycles. The van der Waals surface area contributed by atoms with Crippen LogP contribution in [0.2, 0.25) is 18.1 Å². The van der Waals surface area contributed by atoms with Crippen LogP contribution in [-0.4, -0.2) is 28.0 Å². The monoisotopic (exact) mass is 408 g/mol. The van der Waals surface area contributed by atoms with Crippen LogP contribution in [0.1, 0.15) is 54.9 Å². The largest absolute Gasteiger partial charge is 0.469 e. The zero-order chi connectivity index (χ0) is 21.0. The molecule has 2 aromatic carbocycles. The number of benzene rings is 2. The maximum atomic E-state index is 13.0. The Morgan fingerprint density at radius 3 is 1.76 bits per heavy atom. The van der Waals surface area contributed by atoms with E-state index in [0.29, 0.717) is 6.61 Å². The molecule has 154 valence electrons. The third-order valence-corrected chi connectivity index (χ3v) is 12.0. The Morgan fingerprint density at radius 1 is 0.897 bits per heavy atom. The Balaban J connectivity index is 1.81. The van der Waals surface area contributed by atoms with Crippen LogP contribution in [0.3, 0.4) is 0 Å². The molecule has 0 unspecified atom stereocenters. The fourth-order valence-corrected chi connectivity index (χ4v) is 6.00. The maximum absolute atomic E-state index is 13.0. The van der Waals surface area contributed by atoms with Gasteiger partial charge in [-0.05, 0) is 40.4 Å². The highest BCUT2D eigenvalue weighted by atomic mass is 28.4. The molecule has 2 bridgehead atoms. The second kappa shape index (κ2) is 7.10. The molecule has 3 aliphatic carbocycles. The molecule has 2 aromatic rings. The van der Waals surface area contributed by atoms with E-state index in [4.69, 9.17) is 9.16 Å². The van der Waals surface area contributed by atoms with Crippen LogP contribution in [-0.2, 0) is 14.0 Å². The topological polar surface area (TPSA) is 35.5 Å². The molecule has 0 fully saturated rings. The summed E-state index contributed by atoms with van der Waals surface area (Å²) in [5.41, 5.74) is 5.24. The van der Waals surface area contributed by atoms with Crippen molar-refractivity contribution in [2.75, 3.05) is 13.7 Å². The molecule has 0 spiro atoms. The summed E-state index contributed by atoms with van der Waals surface area (Å²) < 4.78 is 12.0. The Labute approximate surface area is 175 Å². The van der Waals surface area contributed by atoms with Crippen molar-refractivity contribution in [3.05, 3.63) is 70.8 Å². The second-order valence-corrected chi connectivity index (χ2v) is 14.8. The summed E-state index contributed by atoms with van der Waals surface area (Å²) in [5.74, 6) is -0.0343. The molecule has 3 nitrogen and oxygen atoms in total. The summed E-state index contributed by atoms with van der Waals surface area (Å²) in [6.45, 7) is 11.9. The molecule has 0 N–H and O–H groups in total. The van der Waals surface area contributed by atoms with Gasteiger partial charge in [-0.1, -0.05) is 69.3 Å². The first-order chi connectivity index (χ1) is 13.7. The second-order valence-electron chi connectivity index (χ2n) is 10.00. The zero-order valence-electron chi connectivity index (χ0n) is 18.4. The van der Waals surface area contributed by atoms with E-state index in [2.05, 4.69) is 82.4 Å². The van der Waals surface area contributed by atoms with Gasteiger partial charge in [-0.25, -0.2) is 0 Å². The molecule has 0 amide bonds. The summed E-state index contributed by atoms with van der Waals surface area (Å²) in [6.07, 6.45) is 0. The molecular weight excluding hydrogens is 376 g/mol. The van der Waals surface area contributed by atoms with Gasteiger partial charge in [0.15, 0.2) is 8.32 Å². The van der Waals surface area contributed by atoms with E-state index in [1.54, 1.807) is 0 Å². The van der Waals surface area contributed by atoms with Crippen molar-refractivity contribution >= 4 is 14.3 Å². The van der Waals surface area contributed by atoms with Gasteiger partial charge in [0.1, 0.15) is 0 Å². The first-order valence-corrected chi connectivity index (χ1v) is 13.5. The lowest BCUT2D eigenvalue weighted by molar-refractivity contribution is -0.149. The van der Waals surface area contributed by atoms with E-state index in [1.165, 1.54) is 29.4 Å². The fourth-order valence-electron chi connectivity index (χ4n) is 4.96. The third kappa shape index (κ3) is 3.17. The summed E-state index contributed by atoms with van der Waals surface area (Å²) in [5, 5.41) is 0.136. The number of hydrogen-bond donors (Lipinski definition) is 0. The van der Waals surface area contributed by atoms with Gasteiger partial charge in [-0.3, -0.25) is 4.79 Å². The predicted octanol–water partition coefficient (Wildman–Crippen LogP) is 5.70. The van der Waals surface area contributed by atoms with Gasteiger partial charge in [0.25, 0.3) is 0 Å². The lowest BCUT2D eigenvalue weighted by Crippen LogP contribution is -2.49. The van der Waals surface area contributed by atoms with Crippen LogP contribution in [0.5, 0.6) is 0 Å². The van der Waals surface area contributed by atoms with Crippen LogP contribution >= 0.6 is 0 Å². The minimum absolute atomic E-state index is 0.0351. The quantitative estimate of drug-likeness (QED) is 0.480. The number of hydrogen-bond acceptors (Lipinski definition) is 3. The standard InChI is InChI=1S/C25H32O3Si/c1-25(2,3)29(5,6)28-15-20-21-16-11-7-9-13-18(16)22(23(20)24(26)27-4)19-14-10-8-12-17(19)21/h7-14,20-23H,15H2,1-6H3/t20-,21?,22?,23+/m0/s1. The first-order valence-electron chi connectivity index (χ1n) is 10.6. The lowest BCUT2D eigenvalue weighted by Gasteiger charge is -2.50. The Kier molecular flexibility index (Phi) is 4.99. The third-order valence-electron chi connectivity index (χ3n) is 7.50. The normalized spacial score (nSPS) is 25.3. The molecule has 5 rings (SSSR count). The molecule has 3 aliphatic rings. The van der Waals surface area contributed by atoms with Gasteiger partial charge in [-0.15, -0.1) is 0 Å². The molecule has 0 aliphatic heterocycles. The van der Waals surface area contributed by atoms with Crippen molar-refractivity contribution in [3.8, 4) is 0 Å². The van der Waals surface area contributed by atoms with Gasteiger partial charge in [-0.2, -0.15) is 0 Å². The van der Waals surface area contributed by atoms with Crippen molar-refractivity contribution in [2.24, 2.45) is 11.8 Å². The van der Waals surface area contributed by atoms with Crippen LogP contribution < -0.4 is 0 Å². The summed E-state index contributed by atoms with van der Waals surface area (Å²) in [6, 6.07) is 17.2. The van der Waals surface area contributed by atoms with Crippen LogP contribution in [0.4, 0.5) is 0 Å². The van der Waals surface area contributed by atoms with Gasteiger partial charge >= 0.3 is 5.97 Å². The highest BCUT2D eigenvalue weighted by Gasteiger charge is 2.53. The van der Waals surface area contributed by atoms with Crippen molar-refractivity contribution in [1.82, 2.24) is 0 Å². The van der Waals surface area contributed by atoms with E-state index in [-0.39, 0.29) is 34.7 Å². The predicted molar refractivity (Wildman–Crippen MR) is 119 cm³/mol. The molecule has 29 heavy (non-hydrogen) atoms. The summed E-state index contributed by atoms with van der Waals surface area (Å²) >= 11 is 0. The van der Waals surface area contributed by atoms with Crippen molar-refractivity contribution in [3.63, 3.8) is 0 Å². The number of carbonyl (C=O) groups excluding carboxylic acids is 1. The number of rotatable bonds is 4. The van der Waals surface area contributed by atoms with Crippen LogP contribution in [0.25, 0.3) is 0 Å². The van der Waals surface area contributed by atoms with E-state index in [9.17, 15) is 4.79 Å². The van der Waals surface area contributed by atoms with E-state index in [1.807, 2.05) is 0 Å². The van der Waals surface area contributed by atoms with Crippen molar-refractivity contribution < 1.29 is 14.0 Å². The van der Waals surface area contributed by atoms with E-state index >= 15 is 0 Å². The minimum atomic E-state index is -1.93. The van der Waals surface area contributed by atoms with Crippen LogP contribution in [0, 0.1) is 11.8 Å². The average Bonchev–Trinajstić information content (AvgIpc) is 2.70. The maximum Gasteiger partial charge on any atom is 0.310 e. The molecule has 0 aromatic heterocycles. The minimum Gasteiger partial charge on any atom is -0.469 e.